The van der Waals surface area contributed by atoms with E-state index >= 15 is 0 Å². The first kappa shape index (κ1) is 12.1. The summed E-state index contributed by atoms with van der Waals surface area (Å²) in [6.45, 7) is 2.08. The zero-order valence-electron chi connectivity index (χ0n) is 8.87. The molecule has 0 fully saturated rings. The van der Waals surface area contributed by atoms with E-state index in [0.29, 0.717) is 0 Å². The van der Waals surface area contributed by atoms with Gasteiger partial charge in [-0.3, -0.25) is 4.79 Å². The second-order valence-electron chi connectivity index (χ2n) is 3.47. The second-order valence-corrected chi connectivity index (χ2v) is 3.99. The van der Waals surface area contributed by atoms with Crippen LogP contribution in [0.5, 0.6) is 0 Å². The molecule has 82 valence electrons. The smallest absolute Gasteiger partial charge is 0.242 e. The van der Waals surface area contributed by atoms with Crippen molar-refractivity contribution < 1.29 is 4.79 Å². The van der Waals surface area contributed by atoms with E-state index in [1.54, 1.807) is 0 Å². The summed E-state index contributed by atoms with van der Waals surface area (Å²) in [4.78, 5) is 11.6. The summed E-state index contributed by atoms with van der Waals surface area (Å²) in [5.74, 6) is -0.115. The lowest BCUT2D eigenvalue weighted by atomic mass is 10.2. The lowest BCUT2D eigenvalue weighted by molar-refractivity contribution is -0.116. The van der Waals surface area contributed by atoms with E-state index in [0.717, 1.165) is 24.9 Å². The summed E-state index contributed by atoms with van der Waals surface area (Å²) in [6.07, 6.45) is 2.77. The number of hydrogen-bond donors (Lipinski definition) is 1. The maximum atomic E-state index is 11.6. The summed E-state index contributed by atoms with van der Waals surface area (Å²) in [7, 11) is 0. The van der Waals surface area contributed by atoms with Gasteiger partial charge in [-0.25, -0.2) is 0 Å². The Bertz CT molecular complexity index is 300. The van der Waals surface area contributed by atoms with Gasteiger partial charge in [0.05, 0.1) is 0 Å². The molecule has 15 heavy (non-hydrogen) atoms. The first-order chi connectivity index (χ1) is 7.24. The Hall–Kier alpha value is -1.02. The van der Waals surface area contributed by atoms with Crippen molar-refractivity contribution in [1.82, 2.24) is 0 Å². The molecule has 1 N–H and O–H groups in total. The quantitative estimate of drug-likeness (QED) is 0.765. The van der Waals surface area contributed by atoms with E-state index in [1.807, 2.05) is 30.3 Å². The standard InChI is InChI=1S/C12H16ClNO/c1-2-3-9-11(13)12(15)14-10-7-5-4-6-8-10/h4-8,11H,2-3,9H2,1H3,(H,14,15). The molecule has 0 aliphatic heterocycles. The maximum Gasteiger partial charge on any atom is 0.242 e. The van der Waals surface area contributed by atoms with Crippen LogP contribution in [0.4, 0.5) is 5.69 Å². The summed E-state index contributed by atoms with van der Waals surface area (Å²) in [5.41, 5.74) is 0.796. The molecule has 2 nitrogen and oxygen atoms in total. The van der Waals surface area contributed by atoms with Gasteiger partial charge in [0.25, 0.3) is 0 Å². The van der Waals surface area contributed by atoms with E-state index < -0.39 is 5.38 Å². The summed E-state index contributed by atoms with van der Waals surface area (Å²) >= 11 is 5.95. The molecular weight excluding hydrogens is 210 g/mol. The number of hydrogen-bond acceptors (Lipinski definition) is 1. The first-order valence-electron chi connectivity index (χ1n) is 5.24. The molecule has 3 heteroatoms. The van der Waals surface area contributed by atoms with Gasteiger partial charge < -0.3 is 5.32 Å². The van der Waals surface area contributed by atoms with Gasteiger partial charge in [0.2, 0.25) is 5.91 Å². The number of carbonyl (C=O) groups is 1. The van der Waals surface area contributed by atoms with Gasteiger partial charge in [0, 0.05) is 5.69 Å². The van der Waals surface area contributed by atoms with E-state index in [-0.39, 0.29) is 5.91 Å². The van der Waals surface area contributed by atoms with Crippen LogP contribution in [0, 0.1) is 0 Å². The van der Waals surface area contributed by atoms with Gasteiger partial charge in [-0.2, -0.15) is 0 Å². The van der Waals surface area contributed by atoms with Crippen LogP contribution in [0.25, 0.3) is 0 Å². The van der Waals surface area contributed by atoms with E-state index in [2.05, 4.69) is 12.2 Å². The number of halogens is 1. The Balaban J connectivity index is 2.42. The van der Waals surface area contributed by atoms with Gasteiger partial charge in [-0.05, 0) is 18.6 Å². The summed E-state index contributed by atoms with van der Waals surface area (Å²) in [5, 5.41) is 2.35. The molecule has 0 saturated heterocycles. The maximum absolute atomic E-state index is 11.6. The van der Waals surface area contributed by atoms with Crippen molar-refractivity contribution >= 4 is 23.2 Å². The van der Waals surface area contributed by atoms with Crippen molar-refractivity contribution in [1.29, 1.82) is 0 Å². The predicted octanol–water partition coefficient (Wildman–Crippen LogP) is 3.42. The highest BCUT2D eigenvalue weighted by Crippen LogP contribution is 2.11. The molecular formula is C12H16ClNO. The molecule has 0 bridgehead atoms. The monoisotopic (exact) mass is 225 g/mol. The van der Waals surface area contributed by atoms with Crippen molar-refractivity contribution in [2.24, 2.45) is 0 Å². The number of rotatable bonds is 5. The number of anilines is 1. The van der Waals surface area contributed by atoms with Crippen LogP contribution in [0.1, 0.15) is 26.2 Å². The fourth-order valence-electron chi connectivity index (χ4n) is 1.26. The topological polar surface area (TPSA) is 29.1 Å². The second kappa shape index (κ2) is 6.46. The number of benzene rings is 1. The molecule has 0 aliphatic carbocycles. The highest BCUT2D eigenvalue weighted by atomic mass is 35.5. The van der Waals surface area contributed by atoms with Gasteiger partial charge in [0.15, 0.2) is 0 Å². The Morgan fingerprint density at radius 1 is 1.40 bits per heavy atom. The number of nitrogens with one attached hydrogen (secondary N) is 1. The van der Waals surface area contributed by atoms with Gasteiger partial charge in [-0.15, -0.1) is 11.6 Å². The Morgan fingerprint density at radius 3 is 2.67 bits per heavy atom. The molecule has 0 radical (unpaired) electrons. The third-order valence-electron chi connectivity index (χ3n) is 2.14. The zero-order chi connectivity index (χ0) is 11.1. The zero-order valence-corrected chi connectivity index (χ0v) is 9.63. The van der Waals surface area contributed by atoms with Crippen LogP contribution in [-0.4, -0.2) is 11.3 Å². The SMILES string of the molecule is CCCCC(Cl)C(=O)Nc1ccccc1. The van der Waals surface area contributed by atoms with Crippen LogP contribution >= 0.6 is 11.6 Å². The molecule has 0 heterocycles. The van der Waals surface area contributed by atoms with Crippen molar-refractivity contribution in [2.75, 3.05) is 5.32 Å². The molecule has 0 aromatic heterocycles. The number of amides is 1. The minimum absolute atomic E-state index is 0.115. The van der Waals surface area contributed by atoms with E-state index in [1.165, 1.54) is 0 Å². The average Bonchev–Trinajstić information content (AvgIpc) is 2.27. The van der Waals surface area contributed by atoms with Crippen molar-refractivity contribution in [3.8, 4) is 0 Å². The average molecular weight is 226 g/mol. The number of unbranched alkanes of at least 4 members (excludes halogenated alkanes) is 1. The fraction of sp³-hybridized carbons (Fsp3) is 0.417. The lowest BCUT2D eigenvalue weighted by Gasteiger charge is -2.09. The molecule has 0 spiro atoms. The number of carbonyl (C=O) groups excluding carboxylic acids is 1. The minimum atomic E-state index is -0.426. The van der Waals surface area contributed by atoms with Crippen molar-refractivity contribution in [2.45, 2.75) is 31.6 Å². The Morgan fingerprint density at radius 2 is 2.07 bits per heavy atom. The van der Waals surface area contributed by atoms with Crippen LogP contribution in [0.2, 0.25) is 0 Å². The first-order valence-corrected chi connectivity index (χ1v) is 5.67. The fourth-order valence-corrected chi connectivity index (χ4v) is 1.47. The van der Waals surface area contributed by atoms with Crippen LogP contribution in [0.15, 0.2) is 30.3 Å². The summed E-state index contributed by atoms with van der Waals surface area (Å²) < 4.78 is 0. The van der Waals surface area contributed by atoms with Crippen LogP contribution < -0.4 is 5.32 Å². The molecule has 1 amide bonds. The number of alkyl halides is 1. The van der Waals surface area contributed by atoms with Crippen molar-refractivity contribution in [3.05, 3.63) is 30.3 Å². The largest absolute Gasteiger partial charge is 0.325 e. The van der Waals surface area contributed by atoms with Gasteiger partial charge >= 0.3 is 0 Å². The third kappa shape index (κ3) is 4.34. The Labute approximate surface area is 95.6 Å². The normalized spacial score (nSPS) is 12.1. The third-order valence-corrected chi connectivity index (χ3v) is 2.55. The molecule has 0 aliphatic rings. The Kier molecular flexibility index (Phi) is 5.19. The molecule has 0 saturated carbocycles. The highest BCUT2D eigenvalue weighted by molar-refractivity contribution is 6.32. The number of para-hydroxylation sites is 1. The summed E-state index contributed by atoms with van der Waals surface area (Å²) in [6, 6.07) is 9.36. The van der Waals surface area contributed by atoms with Gasteiger partial charge in [-0.1, -0.05) is 38.0 Å². The van der Waals surface area contributed by atoms with E-state index in [4.69, 9.17) is 11.6 Å². The van der Waals surface area contributed by atoms with Crippen LogP contribution in [-0.2, 0) is 4.79 Å². The molecule has 1 aromatic carbocycles. The minimum Gasteiger partial charge on any atom is -0.325 e. The highest BCUT2D eigenvalue weighted by Gasteiger charge is 2.14. The van der Waals surface area contributed by atoms with Gasteiger partial charge in [0.1, 0.15) is 5.38 Å². The molecule has 1 aromatic rings. The van der Waals surface area contributed by atoms with Crippen LogP contribution in [0.3, 0.4) is 0 Å². The molecule has 1 unspecified atom stereocenters. The van der Waals surface area contributed by atoms with E-state index in [9.17, 15) is 4.79 Å². The molecule has 1 rings (SSSR count). The lowest BCUT2D eigenvalue weighted by Crippen LogP contribution is -2.23. The molecule has 1 atom stereocenters. The predicted molar refractivity (Wildman–Crippen MR) is 64.2 cm³/mol. The van der Waals surface area contributed by atoms with Crippen molar-refractivity contribution in [3.63, 3.8) is 0 Å².